The van der Waals surface area contributed by atoms with E-state index in [9.17, 15) is 17.9 Å². The molecule has 6 heteroatoms. The fourth-order valence-electron chi connectivity index (χ4n) is 1.90. The van der Waals surface area contributed by atoms with Crippen molar-refractivity contribution < 1.29 is 22.7 Å². The topological polar surface area (TPSA) is 63.6 Å². The van der Waals surface area contributed by atoms with Gasteiger partial charge in [-0.25, -0.2) is 12.8 Å². The first-order valence-corrected chi connectivity index (χ1v) is 7.44. The van der Waals surface area contributed by atoms with Crippen LogP contribution < -0.4 is 4.74 Å². The van der Waals surface area contributed by atoms with Crippen molar-refractivity contribution in [3.63, 3.8) is 0 Å². The van der Waals surface area contributed by atoms with Crippen LogP contribution in [0.4, 0.5) is 4.39 Å². The van der Waals surface area contributed by atoms with Crippen LogP contribution in [-0.2, 0) is 16.3 Å². The summed E-state index contributed by atoms with van der Waals surface area (Å²) >= 11 is 0. The normalized spacial score (nSPS) is 17.6. The maximum atomic E-state index is 14.2. The molecule has 2 rings (SSSR count). The molecule has 0 spiro atoms. The van der Waals surface area contributed by atoms with Crippen molar-refractivity contribution in [2.24, 2.45) is 0 Å². The lowest BCUT2D eigenvalue weighted by Crippen LogP contribution is -2.14. The minimum absolute atomic E-state index is 0.0125. The molecule has 0 amide bonds. The molecule has 1 fully saturated rings. The molecule has 0 unspecified atom stereocenters. The monoisotopic (exact) mass is 274 g/mol. The first-order valence-electron chi connectivity index (χ1n) is 5.55. The number of hydrogen-bond acceptors (Lipinski definition) is 4. The highest BCUT2D eigenvalue weighted by atomic mass is 32.2. The van der Waals surface area contributed by atoms with Gasteiger partial charge in [0.15, 0.2) is 9.84 Å². The lowest BCUT2D eigenvalue weighted by Gasteiger charge is -2.13. The molecule has 0 saturated heterocycles. The van der Waals surface area contributed by atoms with Gasteiger partial charge in [0.2, 0.25) is 0 Å². The lowest BCUT2D eigenvalue weighted by atomic mass is 10.1. The van der Waals surface area contributed by atoms with Gasteiger partial charge in [-0.3, -0.25) is 0 Å². The Hall–Kier alpha value is -1.14. The molecule has 1 aromatic carbocycles. The van der Waals surface area contributed by atoms with Crippen molar-refractivity contribution in [2.45, 2.75) is 29.8 Å². The highest BCUT2D eigenvalue weighted by molar-refractivity contribution is 7.90. The molecule has 1 aliphatic rings. The van der Waals surface area contributed by atoms with Gasteiger partial charge in [0, 0.05) is 12.7 Å². The molecule has 18 heavy (non-hydrogen) atoms. The highest BCUT2D eigenvalue weighted by Crippen LogP contribution is 2.40. The summed E-state index contributed by atoms with van der Waals surface area (Å²) in [6.07, 6.45) is 2.30. The molecule has 0 aromatic heterocycles. The van der Waals surface area contributed by atoms with E-state index in [1.54, 1.807) is 0 Å². The Labute approximate surface area is 105 Å². The van der Waals surface area contributed by atoms with Crippen LogP contribution in [0.2, 0.25) is 0 Å². The Balaban J connectivity index is 2.52. The molecule has 1 N–H and O–H groups in total. The minimum Gasteiger partial charge on any atom is -0.495 e. The summed E-state index contributed by atoms with van der Waals surface area (Å²) in [5.41, 5.74) is -0.666. The largest absolute Gasteiger partial charge is 0.495 e. The van der Waals surface area contributed by atoms with Crippen LogP contribution >= 0.6 is 0 Å². The number of ether oxygens (including phenoxy) is 1. The van der Waals surface area contributed by atoms with Crippen molar-refractivity contribution in [3.05, 3.63) is 23.5 Å². The SMILES string of the molecule is COc1ccc(CC2(O)CC2)c(F)c1S(C)(=O)=O. The van der Waals surface area contributed by atoms with Crippen LogP contribution in [0.5, 0.6) is 5.75 Å². The zero-order chi connectivity index (χ0) is 13.6. The Morgan fingerprint density at radius 3 is 2.50 bits per heavy atom. The maximum Gasteiger partial charge on any atom is 0.182 e. The van der Waals surface area contributed by atoms with E-state index < -0.39 is 26.2 Å². The van der Waals surface area contributed by atoms with Crippen LogP contribution in [0, 0.1) is 5.82 Å². The Kier molecular flexibility index (Phi) is 3.11. The number of sulfone groups is 1. The second-order valence-corrected chi connectivity index (χ2v) is 6.70. The molecule has 0 radical (unpaired) electrons. The molecule has 4 nitrogen and oxygen atoms in total. The smallest absolute Gasteiger partial charge is 0.182 e. The number of hydrogen-bond donors (Lipinski definition) is 1. The molecule has 1 saturated carbocycles. The number of halogens is 1. The average molecular weight is 274 g/mol. The van der Waals surface area contributed by atoms with Gasteiger partial charge in [0.1, 0.15) is 16.5 Å². The zero-order valence-electron chi connectivity index (χ0n) is 10.2. The zero-order valence-corrected chi connectivity index (χ0v) is 11.1. The summed E-state index contributed by atoms with van der Waals surface area (Å²) < 4.78 is 42.2. The Morgan fingerprint density at radius 2 is 2.06 bits per heavy atom. The van der Waals surface area contributed by atoms with Crippen molar-refractivity contribution >= 4 is 9.84 Å². The van der Waals surface area contributed by atoms with E-state index in [-0.39, 0.29) is 17.7 Å². The average Bonchev–Trinajstić information content (AvgIpc) is 2.97. The van der Waals surface area contributed by atoms with Gasteiger partial charge in [-0.15, -0.1) is 0 Å². The second-order valence-electron chi connectivity index (χ2n) is 4.74. The summed E-state index contributed by atoms with van der Waals surface area (Å²) in [6.45, 7) is 0. The van der Waals surface area contributed by atoms with Gasteiger partial charge in [-0.1, -0.05) is 6.07 Å². The van der Waals surface area contributed by atoms with Gasteiger partial charge in [0.25, 0.3) is 0 Å². The molecule has 0 atom stereocenters. The van der Waals surface area contributed by atoms with E-state index in [1.165, 1.54) is 19.2 Å². The molecule has 1 aromatic rings. The lowest BCUT2D eigenvalue weighted by molar-refractivity contribution is 0.149. The molecule has 0 heterocycles. The fourth-order valence-corrected chi connectivity index (χ4v) is 2.87. The third-order valence-corrected chi connectivity index (χ3v) is 4.20. The van der Waals surface area contributed by atoms with Gasteiger partial charge in [-0.05, 0) is 24.5 Å². The van der Waals surface area contributed by atoms with E-state index in [4.69, 9.17) is 4.74 Å². The van der Waals surface area contributed by atoms with Gasteiger partial charge in [-0.2, -0.15) is 0 Å². The number of aliphatic hydroxyl groups is 1. The molecule has 0 bridgehead atoms. The predicted octanol–water partition coefficient (Wildman–Crippen LogP) is 1.31. The van der Waals surface area contributed by atoms with E-state index in [1.807, 2.05) is 0 Å². The summed E-state index contributed by atoms with van der Waals surface area (Å²) in [4.78, 5) is -0.438. The highest BCUT2D eigenvalue weighted by Gasteiger charge is 2.41. The Bertz CT molecular complexity index is 576. The van der Waals surface area contributed by atoms with Crippen molar-refractivity contribution in [1.82, 2.24) is 0 Å². The van der Waals surface area contributed by atoms with E-state index >= 15 is 0 Å². The molecule has 100 valence electrons. The standard InChI is InChI=1S/C12H15FO4S/c1-17-9-4-3-8(7-12(14)5-6-12)10(13)11(9)18(2,15)16/h3-4,14H,5-7H2,1-2H3. The predicted molar refractivity (Wildman–Crippen MR) is 63.9 cm³/mol. The van der Waals surface area contributed by atoms with Crippen molar-refractivity contribution in [1.29, 1.82) is 0 Å². The molecular formula is C12H15FO4S. The van der Waals surface area contributed by atoms with Crippen LogP contribution in [-0.4, -0.2) is 32.5 Å². The summed E-state index contributed by atoms with van der Waals surface area (Å²) in [5.74, 6) is -0.835. The molecule has 1 aliphatic carbocycles. The van der Waals surface area contributed by atoms with Crippen molar-refractivity contribution in [2.75, 3.05) is 13.4 Å². The van der Waals surface area contributed by atoms with Gasteiger partial charge in [0.05, 0.1) is 12.7 Å². The fraction of sp³-hybridized carbons (Fsp3) is 0.500. The molecular weight excluding hydrogens is 259 g/mol. The maximum absolute atomic E-state index is 14.2. The third kappa shape index (κ3) is 2.49. The number of benzene rings is 1. The van der Waals surface area contributed by atoms with Gasteiger partial charge >= 0.3 is 0 Å². The number of rotatable bonds is 4. The quantitative estimate of drug-likeness (QED) is 0.899. The van der Waals surface area contributed by atoms with Crippen LogP contribution in [0.3, 0.4) is 0 Å². The minimum atomic E-state index is -3.72. The number of methoxy groups -OCH3 is 1. The van der Waals surface area contributed by atoms with E-state index in [0.29, 0.717) is 12.8 Å². The van der Waals surface area contributed by atoms with E-state index in [2.05, 4.69) is 0 Å². The van der Waals surface area contributed by atoms with Crippen LogP contribution in [0.1, 0.15) is 18.4 Å². The summed E-state index contributed by atoms with van der Waals surface area (Å²) in [5, 5.41) is 9.78. The molecule has 0 aliphatic heterocycles. The van der Waals surface area contributed by atoms with Crippen LogP contribution in [0.15, 0.2) is 17.0 Å². The first-order chi connectivity index (χ1) is 8.27. The van der Waals surface area contributed by atoms with Crippen LogP contribution in [0.25, 0.3) is 0 Å². The van der Waals surface area contributed by atoms with Crippen molar-refractivity contribution in [3.8, 4) is 5.75 Å². The van der Waals surface area contributed by atoms with Gasteiger partial charge < -0.3 is 9.84 Å². The second kappa shape index (κ2) is 4.20. The Morgan fingerprint density at radius 1 is 1.44 bits per heavy atom. The van der Waals surface area contributed by atoms with E-state index in [0.717, 1.165) is 6.26 Å². The first kappa shape index (κ1) is 13.3. The summed E-state index contributed by atoms with van der Waals surface area (Å²) in [6, 6.07) is 2.87. The third-order valence-electron chi connectivity index (χ3n) is 3.08. The summed E-state index contributed by atoms with van der Waals surface area (Å²) in [7, 11) is -2.43.